The Morgan fingerprint density at radius 1 is 0.432 bits per heavy atom. The lowest BCUT2D eigenvalue weighted by Gasteiger charge is -2.35. The zero-order valence-electron chi connectivity index (χ0n) is 30.2. The summed E-state index contributed by atoms with van der Waals surface area (Å²) in [7, 11) is 0. The summed E-state index contributed by atoms with van der Waals surface area (Å²) in [6.07, 6.45) is 38.2. The van der Waals surface area contributed by atoms with E-state index in [0.717, 1.165) is 44.9 Å². The summed E-state index contributed by atoms with van der Waals surface area (Å²) in [5.74, 6) is 0.146. The van der Waals surface area contributed by atoms with Crippen LogP contribution in [0.1, 0.15) is 226 Å². The first-order valence-corrected chi connectivity index (χ1v) is 19.9. The molecule has 0 aromatic rings. The fourth-order valence-corrected chi connectivity index (χ4v) is 6.35. The summed E-state index contributed by atoms with van der Waals surface area (Å²) in [6.45, 7) is 7.26. The van der Waals surface area contributed by atoms with Crippen molar-refractivity contribution in [2.24, 2.45) is 5.73 Å². The molecule has 2 amide bonds. The van der Waals surface area contributed by atoms with E-state index in [1.165, 1.54) is 141 Å². The molecule has 0 radical (unpaired) electrons. The molecule has 262 valence electrons. The van der Waals surface area contributed by atoms with Crippen LogP contribution in [-0.4, -0.2) is 24.0 Å². The molecule has 4 N–H and O–H groups in total. The lowest BCUT2D eigenvalue weighted by Crippen LogP contribution is -2.60. The third-order valence-electron chi connectivity index (χ3n) is 9.43. The smallest absolute Gasteiger partial charge is 0.221 e. The fraction of sp³-hybridized carbons (Fsp3) is 0.949. The van der Waals surface area contributed by atoms with Crippen LogP contribution in [-0.2, 0) is 9.59 Å². The number of unbranched alkanes of at least 4 members (excludes halogenated alkanes) is 25. The van der Waals surface area contributed by atoms with Crippen molar-refractivity contribution in [1.29, 1.82) is 0 Å². The second-order valence-corrected chi connectivity index (χ2v) is 13.8. The maximum Gasteiger partial charge on any atom is 0.221 e. The number of amides is 2. The maximum atomic E-state index is 12.9. The summed E-state index contributed by atoms with van der Waals surface area (Å²) < 4.78 is 0. The van der Waals surface area contributed by atoms with Crippen molar-refractivity contribution in [3.63, 3.8) is 0 Å². The van der Waals surface area contributed by atoms with Crippen LogP contribution >= 0.6 is 0 Å². The van der Waals surface area contributed by atoms with E-state index >= 15 is 0 Å². The minimum absolute atomic E-state index is 0.0731. The molecule has 0 saturated carbocycles. The van der Waals surface area contributed by atoms with Crippen molar-refractivity contribution < 1.29 is 9.59 Å². The molecule has 44 heavy (non-hydrogen) atoms. The summed E-state index contributed by atoms with van der Waals surface area (Å²) in [5, 5.41) is 6.50. The van der Waals surface area contributed by atoms with Crippen LogP contribution < -0.4 is 16.4 Å². The lowest BCUT2D eigenvalue weighted by atomic mass is 9.97. The van der Waals surface area contributed by atoms with E-state index in [9.17, 15) is 9.59 Å². The van der Waals surface area contributed by atoms with Gasteiger partial charge in [-0.05, 0) is 45.1 Å². The highest BCUT2D eigenvalue weighted by Gasteiger charge is 2.30. The van der Waals surface area contributed by atoms with Gasteiger partial charge in [0, 0.05) is 12.8 Å². The van der Waals surface area contributed by atoms with Gasteiger partial charge < -0.3 is 16.4 Å². The molecule has 0 bridgehead atoms. The van der Waals surface area contributed by atoms with E-state index in [1.54, 1.807) is 0 Å². The minimum Gasteiger partial charge on any atom is -0.333 e. The van der Waals surface area contributed by atoms with Crippen molar-refractivity contribution >= 4 is 11.8 Å². The van der Waals surface area contributed by atoms with Gasteiger partial charge in [-0.2, -0.15) is 0 Å². The number of rotatable bonds is 35. The SMILES string of the molecule is CCCCCCCCCCCCCCCC(=O)NC(CC)(CCCCN)NC(=O)CCCCCCCCCCCCCCC. The van der Waals surface area contributed by atoms with Crippen LogP contribution in [0.25, 0.3) is 0 Å². The molecule has 5 heteroatoms. The molecule has 0 spiro atoms. The molecule has 0 aromatic heterocycles. The van der Waals surface area contributed by atoms with Crippen molar-refractivity contribution in [2.45, 2.75) is 232 Å². The molecule has 0 atom stereocenters. The quantitative estimate of drug-likeness (QED) is 0.0486. The molecule has 0 heterocycles. The molecule has 0 rings (SSSR count). The topological polar surface area (TPSA) is 84.2 Å². The molecule has 0 aliphatic rings. The van der Waals surface area contributed by atoms with Crippen LogP contribution in [0.15, 0.2) is 0 Å². The van der Waals surface area contributed by atoms with Crippen molar-refractivity contribution in [3.05, 3.63) is 0 Å². The molecule has 0 fully saturated rings. The fourth-order valence-electron chi connectivity index (χ4n) is 6.35. The van der Waals surface area contributed by atoms with Gasteiger partial charge in [0.15, 0.2) is 0 Å². The van der Waals surface area contributed by atoms with Crippen LogP contribution in [0.5, 0.6) is 0 Å². The largest absolute Gasteiger partial charge is 0.333 e. The van der Waals surface area contributed by atoms with Gasteiger partial charge in [0.2, 0.25) is 11.8 Å². The summed E-state index contributed by atoms with van der Waals surface area (Å²) >= 11 is 0. The summed E-state index contributed by atoms with van der Waals surface area (Å²) in [4.78, 5) is 25.9. The Labute approximate surface area is 275 Å². The van der Waals surface area contributed by atoms with Crippen LogP contribution in [0, 0.1) is 0 Å². The second-order valence-electron chi connectivity index (χ2n) is 13.8. The zero-order chi connectivity index (χ0) is 32.4. The van der Waals surface area contributed by atoms with E-state index in [4.69, 9.17) is 5.73 Å². The first-order chi connectivity index (χ1) is 21.5. The molecule has 0 aliphatic carbocycles. The zero-order valence-corrected chi connectivity index (χ0v) is 30.2. The van der Waals surface area contributed by atoms with E-state index in [1.807, 2.05) is 0 Å². The Kier molecular flexibility index (Phi) is 32.4. The van der Waals surface area contributed by atoms with Crippen molar-refractivity contribution in [3.8, 4) is 0 Å². The van der Waals surface area contributed by atoms with E-state index in [-0.39, 0.29) is 11.8 Å². The van der Waals surface area contributed by atoms with Crippen LogP contribution in [0.4, 0.5) is 0 Å². The Bertz CT molecular complexity index is 580. The van der Waals surface area contributed by atoms with E-state index in [2.05, 4.69) is 31.4 Å². The number of nitrogens with one attached hydrogen (secondary N) is 2. The second kappa shape index (κ2) is 33.3. The number of carbonyl (C=O) groups excluding carboxylic acids is 2. The third-order valence-corrected chi connectivity index (χ3v) is 9.43. The Hall–Kier alpha value is -1.10. The highest BCUT2D eigenvalue weighted by Crippen LogP contribution is 2.19. The van der Waals surface area contributed by atoms with E-state index in [0.29, 0.717) is 25.8 Å². The predicted octanol–water partition coefficient (Wildman–Crippen LogP) is 11.4. The summed E-state index contributed by atoms with van der Waals surface area (Å²) in [5.41, 5.74) is 5.11. The van der Waals surface area contributed by atoms with Gasteiger partial charge in [-0.15, -0.1) is 0 Å². The van der Waals surface area contributed by atoms with Crippen molar-refractivity contribution in [1.82, 2.24) is 10.6 Å². The minimum atomic E-state index is -0.642. The van der Waals surface area contributed by atoms with Gasteiger partial charge >= 0.3 is 0 Å². The predicted molar refractivity (Wildman–Crippen MR) is 193 cm³/mol. The number of nitrogens with two attached hydrogens (primary N) is 1. The standard InChI is InChI=1S/C39H79N3O2/c1-4-7-9-11-13-15-17-19-21-23-25-27-29-33-37(43)41-39(6-3,35-31-32-36-40)42-38(44)34-30-28-26-24-22-20-18-16-14-12-10-8-5-2/h4-36,40H2,1-3H3,(H,41,43)(H,42,44). The monoisotopic (exact) mass is 622 g/mol. The third kappa shape index (κ3) is 28.4. The molecule has 5 nitrogen and oxygen atoms in total. The lowest BCUT2D eigenvalue weighted by molar-refractivity contribution is -0.127. The average molecular weight is 622 g/mol. The number of carbonyl (C=O) groups is 2. The van der Waals surface area contributed by atoms with Gasteiger partial charge in [0.05, 0.1) is 0 Å². The average Bonchev–Trinajstić information content (AvgIpc) is 3.01. The van der Waals surface area contributed by atoms with Crippen LogP contribution in [0.3, 0.4) is 0 Å². The summed E-state index contributed by atoms with van der Waals surface area (Å²) in [6, 6.07) is 0. The maximum absolute atomic E-state index is 12.9. The molecule has 0 unspecified atom stereocenters. The first-order valence-electron chi connectivity index (χ1n) is 19.9. The molecule has 0 saturated heterocycles. The van der Waals surface area contributed by atoms with Gasteiger partial charge in [-0.3, -0.25) is 9.59 Å². The normalized spacial score (nSPS) is 11.6. The van der Waals surface area contributed by atoms with Gasteiger partial charge in [-0.1, -0.05) is 175 Å². The van der Waals surface area contributed by atoms with Gasteiger partial charge in [-0.25, -0.2) is 0 Å². The Balaban J connectivity index is 4.13. The highest BCUT2D eigenvalue weighted by atomic mass is 16.2. The Morgan fingerprint density at radius 3 is 1.00 bits per heavy atom. The Morgan fingerprint density at radius 2 is 0.727 bits per heavy atom. The van der Waals surface area contributed by atoms with Crippen molar-refractivity contribution in [2.75, 3.05) is 6.54 Å². The number of hydrogen-bond donors (Lipinski definition) is 3. The molecular formula is C39H79N3O2. The molecule has 0 aliphatic heterocycles. The molecular weight excluding hydrogens is 542 g/mol. The number of hydrogen-bond acceptors (Lipinski definition) is 3. The van der Waals surface area contributed by atoms with Gasteiger partial charge in [0.1, 0.15) is 5.66 Å². The van der Waals surface area contributed by atoms with Gasteiger partial charge in [0.25, 0.3) is 0 Å². The van der Waals surface area contributed by atoms with E-state index < -0.39 is 5.66 Å². The van der Waals surface area contributed by atoms with Crippen LogP contribution in [0.2, 0.25) is 0 Å². The highest BCUT2D eigenvalue weighted by molar-refractivity contribution is 5.80. The first kappa shape index (κ1) is 42.9. The molecule has 0 aromatic carbocycles.